The van der Waals surface area contributed by atoms with Gasteiger partial charge in [0, 0.05) is 5.92 Å². The van der Waals surface area contributed by atoms with Gasteiger partial charge >= 0.3 is 6.09 Å². The molecular weight excluding hydrogens is 304 g/mol. The maximum absolute atomic E-state index is 12.0. The fourth-order valence-corrected chi connectivity index (χ4v) is 3.12. The lowest BCUT2D eigenvalue weighted by atomic mass is 9.98. The number of H-pyrrole nitrogens is 1. The van der Waals surface area contributed by atoms with Gasteiger partial charge in [-0.2, -0.15) is 4.98 Å². The van der Waals surface area contributed by atoms with Crippen LogP contribution in [0.5, 0.6) is 0 Å². The summed E-state index contributed by atoms with van der Waals surface area (Å²) in [4.78, 5) is 16.0. The number of benzene rings is 2. The summed E-state index contributed by atoms with van der Waals surface area (Å²) in [5.74, 6) is 0.880. The summed E-state index contributed by atoms with van der Waals surface area (Å²) in [7, 11) is 0. The predicted octanol–water partition coefficient (Wildman–Crippen LogP) is 3.47. The SMILES string of the molecule is Cc1nc(NC(=O)OCC2c3ccccc3-c3ccccc32)n[nH]1. The van der Waals surface area contributed by atoms with Gasteiger partial charge in [0.15, 0.2) is 0 Å². The molecule has 1 aromatic heterocycles. The molecule has 1 aliphatic rings. The molecule has 1 aliphatic carbocycles. The van der Waals surface area contributed by atoms with E-state index in [1.807, 2.05) is 24.3 Å². The van der Waals surface area contributed by atoms with E-state index in [1.165, 1.54) is 22.3 Å². The molecule has 0 fully saturated rings. The Morgan fingerprint density at radius 2 is 1.75 bits per heavy atom. The molecule has 4 rings (SSSR count). The summed E-state index contributed by atoms with van der Waals surface area (Å²) in [6, 6.07) is 16.4. The van der Waals surface area contributed by atoms with Crippen molar-refractivity contribution in [3.05, 3.63) is 65.5 Å². The third kappa shape index (κ3) is 2.52. The first-order valence-corrected chi connectivity index (χ1v) is 7.73. The molecule has 1 amide bonds. The van der Waals surface area contributed by atoms with E-state index in [0.29, 0.717) is 5.82 Å². The number of hydrogen-bond donors (Lipinski definition) is 2. The zero-order chi connectivity index (χ0) is 16.5. The molecule has 0 radical (unpaired) electrons. The van der Waals surface area contributed by atoms with Crippen molar-refractivity contribution in [3.8, 4) is 11.1 Å². The number of nitrogens with one attached hydrogen (secondary N) is 2. The lowest BCUT2D eigenvalue weighted by molar-refractivity contribution is 0.158. The second kappa shape index (κ2) is 5.81. The number of anilines is 1. The van der Waals surface area contributed by atoms with Gasteiger partial charge in [-0.3, -0.25) is 10.4 Å². The average molecular weight is 320 g/mol. The van der Waals surface area contributed by atoms with Crippen LogP contribution in [0.4, 0.5) is 10.7 Å². The minimum atomic E-state index is -0.559. The van der Waals surface area contributed by atoms with E-state index in [4.69, 9.17) is 4.74 Å². The molecule has 2 N–H and O–H groups in total. The molecule has 6 heteroatoms. The number of aromatic amines is 1. The fourth-order valence-electron chi connectivity index (χ4n) is 3.12. The van der Waals surface area contributed by atoms with E-state index >= 15 is 0 Å². The van der Waals surface area contributed by atoms with Crippen LogP contribution in [0.25, 0.3) is 11.1 Å². The van der Waals surface area contributed by atoms with E-state index in [9.17, 15) is 4.79 Å². The first-order valence-electron chi connectivity index (χ1n) is 7.73. The number of carbonyl (C=O) groups is 1. The van der Waals surface area contributed by atoms with Gasteiger partial charge in [0.25, 0.3) is 5.95 Å². The van der Waals surface area contributed by atoms with E-state index in [0.717, 1.165) is 0 Å². The Balaban J connectivity index is 1.51. The van der Waals surface area contributed by atoms with Gasteiger partial charge in [-0.05, 0) is 29.2 Å². The molecule has 0 saturated heterocycles. The second-order valence-electron chi connectivity index (χ2n) is 5.69. The summed E-state index contributed by atoms with van der Waals surface area (Å²) >= 11 is 0. The third-order valence-corrected chi connectivity index (χ3v) is 4.15. The fraction of sp³-hybridized carbons (Fsp3) is 0.167. The largest absolute Gasteiger partial charge is 0.448 e. The number of fused-ring (bicyclic) bond motifs is 3. The lowest BCUT2D eigenvalue weighted by Gasteiger charge is -2.13. The lowest BCUT2D eigenvalue weighted by Crippen LogP contribution is -2.18. The van der Waals surface area contributed by atoms with Crippen LogP contribution >= 0.6 is 0 Å². The Bertz CT molecular complexity index is 858. The van der Waals surface area contributed by atoms with Crippen molar-refractivity contribution >= 4 is 12.0 Å². The van der Waals surface area contributed by atoms with Crippen LogP contribution < -0.4 is 5.32 Å². The Morgan fingerprint density at radius 3 is 2.33 bits per heavy atom. The van der Waals surface area contributed by atoms with Crippen LogP contribution in [0.3, 0.4) is 0 Å². The topological polar surface area (TPSA) is 79.9 Å². The Labute approximate surface area is 138 Å². The van der Waals surface area contributed by atoms with Crippen LogP contribution in [-0.2, 0) is 4.74 Å². The second-order valence-corrected chi connectivity index (χ2v) is 5.69. The smallest absolute Gasteiger partial charge is 0.414 e. The van der Waals surface area contributed by atoms with Gasteiger partial charge in [0.05, 0.1) is 0 Å². The Hall–Kier alpha value is -3.15. The van der Waals surface area contributed by atoms with Gasteiger partial charge in [0.2, 0.25) is 0 Å². The maximum atomic E-state index is 12.0. The molecule has 24 heavy (non-hydrogen) atoms. The summed E-state index contributed by atoms with van der Waals surface area (Å²) in [6.45, 7) is 2.03. The minimum Gasteiger partial charge on any atom is -0.448 e. The quantitative estimate of drug-likeness (QED) is 0.774. The number of nitrogens with zero attached hydrogens (tertiary/aromatic N) is 2. The standard InChI is InChI=1S/C18H16N4O2/c1-11-19-17(22-21-11)20-18(23)24-10-16-14-8-4-2-6-12(14)13-7-3-5-9-15(13)16/h2-9,16H,10H2,1H3,(H2,19,20,21,22,23). The van der Waals surface area contributed by atoms with E-state index < -0.39 is 6.09 Å². The molecular formula is C18H16N4O2. The summed E-state index contributed by atoms with van der Waals surface area (Å²) in [5, 5.41) is 9.05. The van der Waals surface area contributed by atoms with Crippen LogP contribution in [0, 0.1) is 6.92 Å². The molecule has 6 nitrogen and oxygen atoms in total. The Kier molecular flexibility index (Phi) is 3.49. The summed E-state index contributed by atoms with van der Waals surface area (Å²) < 4.78 is 5.41. The predicted molar refractivity (Wildman–Crippen MR) is 89.8 cm³/mol. The zero-order valence-electron chi connectivity index (χ0n) is 13.1. The first-order chi connectivity index (χ1) is 11.7. The van der Waals surface area contributed by atoms with Crippen molar-refractivity contribution in [3.63, 3.8) is 0 Å². The number of carbonyl (C=O) groups excluding carboxylic acids is 1. The number of ether oxygens (including phenoxy) is 1. The molecule has 0 aliphatic heterocycles. The van der Waals surface area contributed by atoms with Gasteiger partial charge in [-0.1, -0.05) is 48.5 Å². The van der Waals surface area contributed by atoms with Crippen molar-refractivity contribution in [2.24, 2.45) is 0 Å². The first kappa shape index (κ1) is 14.4. The van der Waals surface area contributed by atoms with Crippen molar-refractivity contribution in [1.82, 2.24) is 15.2 Å². The summed E-state index contributed by atoms with van der Waals surface area (Å²) in [5.41, 5.74) is 4.76. The maximum Gasteiger partial charge on any atom is 0.414 e. The Morgan fingerprint density at radius 1 is 1.12 bits per heavy atom. The number of rotatable bonds is 3. The molecule has 2 aromatic carbocycles. The molecule has 0 atom stereocenters. The van der Waals surface area contributed by atoms with Crippen molar-refractivity contribution in [2.75, 3.05) is 11.9 Å². The normalized spacial score (nSPS) is 12.5. The highest BCUT2D eigenvalue weighted by atomic mass is 16.5. The highest BCUT2D eigenvalue weighted by Gasteiger charge is 2.29. The molecule has 0 saturated carbocycles. The molecule has 0 unspecified atom stereocenters. The summed E-state index contributed by atoms with van der Waals surface area (Å²) in [6.07, 6.45) is -0.559. The highest BCUT2D eigenvalue weighted by Crippen LogP contribution is 2.44. The minimum absolute atomic E-state index is 0.0389. The molecule has 120 valence electrons. The van der Waals surface area contributed by atoms with Crippen LogP contribution in [0.2, 0.25) is 0 Å². The van der Waals surface area contributed by atoms with Gasteiger partial charge in [-0.25, -0.2) is 4.79 Å². The third-order valence-electron chi connectivity index (χ3n) is 4.15. The molecule has 0 spiro atoms. The van der Waals surface area contributed by atoms with Crippen molar-refractivity contribution < 1.29 is 9.53 Å². The number of amides is 1. The molecule has 1 heterocycles. The van der Waals surface area contributed by atoms with Crippen LogP contribution in [-0.4, -0.2) is 27.9 Å². The molecule has 3 aromatic rings. The average Bonchev–Trinajstić information content (AvgIpc) is 3.14. The van der Waals surface area contributed by atoms with Crippen LogP contribution in [0.1, 0.15) is 22.9 Å². The monoisotopic (exact) mass is 320 g/mol. The zero-order valence-corrected chi connectivity index (χ0v) is 13.1. The van der Waals surface area contributed by atoms with E-state index in [1.54, 1.807) is 6.92 Å². The van der Waals surface area contributed by atoms with Gasteiger partial charge in [-0.15, -0.1) is 5.10 Å². The number of aromatic nitrogens is 3. The van der Waals surface area contributed by atoms with E-state index in [2.05, 4.69) is 44.8 Å². The number of hydrogen-bond acceptors (Lipinski definition) is 4. The van der Waals surface area contributed by atoms with Gasteiger partial charge < -0.3 is 4.74 Å². The van der Waals surface area contributed by atoms with Gasteiger partial charge in [0.1, 0.15) is 12.4 Å². The van der Waals surface area contributed by atoms with E-state index in [-0.39, 0.29) is 18.5 Å². The van der Waals surface area contributed by atoms with Crippen LogP contribution in [0.15, 0.2) is 48.5 Å². The van der Waals surface area contributed by atoms with Crippen molar-refractivity contribution in [1.29, 1.82) is 0 Å². The number of aryl methyl sites for hydroxylation is 1. The highest BCUT2D eigenvalue weighted by molar-refractivity contribution is 5.83. The molecule has 0 bridgehead atoms. The van der Waals surface area contributed by atoms with Crippen molar-refractivity contribution in [2.45, 2.75) is 12.8 Å².